The summed E-state index contributed by atoms with van der Waals surface area (Å²) in [6.07, 6.45) is 3.12. The van der Waals surface area contributed by atoms with Crippen molar-refractivity contribution in [2.75, 3.05) is 0 Å². The van der Waals surface area contributed by atoms with Gasteiger partial charge in [-0.15, -0.1) is 0 Å². The van der Waals surface area contributed by atoms with Crippen molar-refractivity contribution in [3.05, 3.63) is 96.5 Å². The largest absolute Gasteiger partial charge is 0.486 e. The van der Waals surface area contributed by atoms with Crippen LogP contribution in [0.15, 0.2) is 83.8 Å². The molecule has 29 heavy (non-hydrogen) atoms. The number of rotatable bonds is 7. The molecule has 4 rings (SSSR count). The lowest BCUT2D eigenvalue weighted by Crippen LogP contribution is -2.26. The molecular formula is C22H20N4O3. The predicted molar refractivity (Wildman–Crippen MR) is 107 cm³/mol. The molecule has 1 unspecified atom stereocenters. The van der Waals surface area contributed by atoms with Crippen molar-refractivity contribution in [1.82, 2.24) is 20.1 Å². The van der Waals surface area contributed by atoms with Crippen LogP contribution in [0.5, 0.6) is 5.75 Å². The van der Waals surface area contributed by atoms with E-state index in [0.29, 0.717) is 5.76 Å². The Hall–Kier alpha value is -3.87. The summed E-state index contributed by atoms with van der Waals surface area (Å²) in [5, 5.41) is 7.04. The number of benzene rings is 2. The van der Waals surface area contributed by atoms with Crippen molar-refractivity contribution in [3.8, 4) is 11.4 Å². The van der Waals surface area contributed by atoms with E-state index >= 15 is 0 Å². The van der Waals surface area contributed by atoms with E-state index < -0.39 is 0 Å². The van der Waals surface area contributed by atoms with E-state index in [9.17, 15) is 4.79 Å². The number of amides is 1. The Morgan fingerprint density at radius 3 is 2.62 bits per heavy atom. The van der Waals surface area contributed by atoms with Crippen LogP contribution in [0.25, 0.3) is 5.69 Å². The van der Waals surface area contributed by atoms with Gasteiger partial charge < -0.3 is 14.5 Å². The second-order valence-corrected chi connectivity index (χ2v) is 6.49. The highest BCUT2D eigenvalue weighted by Gasteiger charge is 2.15. The number of carbonyl (C=O) groups is 1. The Balaban J connectivity index is 1.34. The molecule has 4 aromatic rings. The summed E-state index contributed by atoms with van der Waals surface area (Å²) in [5.41, 5.74) is 1.88. The second kappa shape index (κ2) is 8.43. The van der Waals surface area contributed by atoms with Crippen molar-refractivity contribution in [1.29, 1.82) is 0 Å². The highest BCUT2D eigenvalue weighted by molar-refractivity contribution is 5.91. The number of aromatic nitrogens is 3. The van der Waals surface area contributed by atoms with E-state index in [1.165, 1.54) is 6.33 Å². The highest BCUT2D eigenvalue weighted by atomic mass is 16.5. The standard InChI is InChI=1S/C22H20N4O3/c1-16(17-7-9-18(10-8-17)26-15-23-14-24-26)25-22(27)21-12-11-20(29-21)13-28-19-5-3-2-4-6-19/h2-12,14-16H,13H2,1H3,(H,25,27). The third-order valence-corrected chi connectivity index (χ3v) is 4.43. The molecule has 2 aromatic carbocycles. The average Bonchev–Trinajstić information content (AvgIpc) is 3.45. The molecule has 0 fully saturated rings. The number of hydrogen-bond donors (Lipinski definition) is 1. The fourth-order valence-corrected chi connectivity index (χ4v) is 2.86. The monoisotopic (exact) mass is 388 g/mol. The molecule has 0 saturated carbocycles. The van der Waals surface area contributed by atoms with Gasteiger partial charge in [-0.1, -0.05) is 30.3 Å². The third-order valence-electron chi connectivity index (χ3n) is 4.43. The van der Waals surface area contributed by atoms with Gasteiger partial charge in [0.25, 0.3) is 5.91 Å². The van der Waals surface area contributed by atoms with Gasteiger partial charge in [0.05, 0.1) is 11.7 Å². The normalized spacial score (nSPS) is 11.8. The van der Waals surface area contributed by atoms with E-state index in [2.05, 4.69) is 15.4 Å². The van der Waals surface area contributed by atoms with Crippen LogP contribution in [0, 0.1) is 0 Å². The van der Waals surface area contributed by atoms with Crippen LogP contribution in [0.4, 0.5) is 0 Å². The predicted octanol–water partition coefficient (Wildman–Crippen LogP) is 3.93. The van der Waals surface area contributed by atoms with Gasteiger partial charge in [0.1, 0.15) is 30.8 Å². The molecule has 1 amide bonds. The maximum Gasteiger partial charge on any atom is 0.287 e. The average molecular weight is 388 g/mol. The Morgan fingerprint density at radius 2 is 1.90 bits per heavy atom. The van der Waals surface area contributed by atoms with Crippen LogP contribution in [0.2, 0.25) is 0 Å². The molecule has 0 spiro atoms. The van der Waals surface area contributed by atoms with Gasteiger partial charge in [-0.25, -0.2) is 9.67 Å². The number of ether oxygens (including phenoxy) is 1. The molecule has 2 heterocycles. The molecule has 0 saturated heterocycles. The first-order chi connectivity index (χ1) is 14.2. The summed E-state index contributed by atoms with van der Waals surface area (Å²) >= 11 is 0. The Labute approximate surface area is 168 Å². The van der Waals surface area contributed by atoms with Gasteiger partial charge in [-0.05, 0) is 48.9 Å². The zero-order valence-corrected chi connectivity index (χ0v) is 15.9. The number of carbonyl (C=O) groups excluding carboxylic acids is 1. The number of nitrogens with one attached hydrogen (secondary N) is 1. The van der Waals surface area contributed by atoms with Crippen LogP contribution in [-0.2, 0) is 6.61 Å². The molecule has 7 nitrogen and oxygen atoms in total. The summed E-state index contributed by atoms with van der Waals surface area (Å²) in [7, 11) is 0. The number of hydrogen-bond acceptors (Lipinski definition) is 5. The number of furan rings is 1. The van der Waals surface area contributed by atoms with E-state index in [4.69, 9.17) is 9.15 Å². The lowest BCUT2D eigenvalue weighted by Gasteiger charge is -2.14. The van der Waals surface area contributed by atoms with Gasteiger partial charge in [0.2, 0.25) is 0 Å². The number of nitrogens with zero attached hydrogens (tertiary/aromatic N) is 3. The van der Waals surface area contributed by atoms with Gasteiger partial charge in [0, 0.05) is 0 Å². The van der Waals surface area contributed by atoms with Crippen molar-refractivity contribution >= 4 is 5.91 Å². The molecule has 0 aliphatic carbocycles. The van der Waals surface area contributed by atoms with Crippen LogP contribution < -0.4 is 10.1 Å². The minimum Gasteiger partial charge on any atom is -0.486 e. The van der Waals surface area contributed by atoms with E-state index in [0.717, 1.165) is 17.0 Å². The van der Waals surface area contributed by atoms with Gasteiger partial charge in [0.15, 0.2) is 5.76 Å². The van der Waals surface area contributed by atoms with E-state index in [-0.39, 0.29) is 24.3 Å². The highest BCUT2D eigenvalue weighted by Crippen LogP contribution is 2.17. The first-order valence-electron chi connectivity index (χ1n) is 9.21. The molecule has 0 aliphatic rings. The van der Waals surface area contributed by atoms with E-state index in [1.807, 2.05) is 61.5 Å². The molecule has 0 bridgehead atoms. The molecular weight excluding hydrogens is 368 g/mol. The molecule has 1 atom stereocenters. The molecule has 1 N–H and O–H groups in total. The summed E-state index contributed by atoms with van der Waals surface area (Å²) in [4.78, 5) is 16.4. The van der Waals surface area contributed by atoms with Crippen molar-refractivity contribution in [2.45, 2.75) is 19.6 Å². The Morgan fingerprint density at radius 1 is 1.10 bits per heavy atom. The smallest absolute Gasteiger partial charge is 0.287 e. The summed E-state index contributed by atoms with van der Waals surface area (Å²) in [5.74, 6) is 1.31. The fraction of sp³-hybridized carbons (Fsp3) is 0.136. The minimum atomic E-state index is -0.274. The Bertz CT molecular complexity index is 1060. The van der Waals surface area contributed by atoms with Crippen LogP contribution in [-0.4, -0.2) is 20.7 Å². The van der Waals surface area contributed by atoms with Gasteiger partial charge in [-0.3, -0.25) is 4.79 Å². The van der Waals surface area contributed by atoms with Crippen molar-refractivity contribution in [3.63, 3.8) is 0 Å². The van der Waals surface area contributed by atoms with Crippen molar-refractivity contribution in [2.24, 2.45) is 0 Å². The zero-order chi connectivity index (χ0) is 20.1. The lowest BCUT2D eigenvalue weighted by molar-refractivity contribution is 0.0907. The third kappa shape index (κ3) is 4.52. The SMILES string of the molecule is CC(NC(=O)c1ccc(COc2ccccc2)o1)c1ccc(-n2cncn2)cc1. The van der Waals surface area contributed by atoms with Crippen molar-refractivity contribution < 1.29 is 13.9 Å². The summed E-state index contributed by atoms with van der Waals surface area (Å²) < 4.78 is 12.9. The molecule has 0 radical (unpaired) electrons. The second-order valence-electron chi connectivity index (χ2n) is 6.49. The van der Waals surface area contributed by atoms with Crippen LogP contribution in [0.3, 0.4) is 0 Å². The maximum atomic E-state index is 12.5. The fourth-order valence-electron chi connectivity index (χ4n) is 2.86. The van der Waals surface area contributed by atoms with Crippen LogP contribution in [0.1, 0.15) is 34.8 Å². The van der Waals surface area contributed by atoms with Crippen LogP contribution >= 0.6 is 0 Å². The molecule has 7 heteroatoms. The van der Waals surface area contributed by atoms with Gasteiger partial charge in [-0.2, -0.15) is 5.10 Å². The zero-order valence-electron chi connectivity index (χ0n) is 15.9. The lowest BCUT2D eigenvalue weighted by atomic mass is 10.1. The quantitative estimate of drug-likeness (QED) is 0.519. The van der Waals surface area contributed by atoms with Gasteiger partial charge >= 0.3 is 0 Å². The topological polar surface area (TPSA) is 82.2 Å². The van der Waals surface area contributed by atoms with E-state index in [1.54, 1.807) is 23.1 Å². The minimum absolute atomic E-state index is 0.179. The molecule has 2 aromatic heterocycles. The summed E-state index contributed by atoms with van der Waals surface area (Å²) in [6, 6.07) is 20.4. The first-order valence-corrected chi connectivity index (χ1v) is 9.21. The Kier molecular flexibility index (Phi) is 5.38. The number of para-hydroxylation sites is 1. The maximum absolute atomic E-state index is 12.5. The molecule has 0 aliphatic heterocycles. The molecule has 146 valence electrons. The summed E-state index contributed by atoms with van der Waals surface area (Å²) in [6.45, 7) is 2.18. The first kappa shape index (κ1) is 18.5.